The quantitative estimate of drug-likeness (QED) is 0.891. The van der Waals surface area contributed by atoms with Gasteiger partial charge in [0, 0.05) is 12.5 Å². The van der Waals surface area contributed by atoms with Crippen molar-refractivity contribution in [3.8, 4) is 5.75 Å². The first-order valence-corrected chi connectivity index (χ1v) is 6.65. The van der Waals surface area contributed by atoms with E-state index >= 15 is 4.39 Å². The van der Waals surface area contributed by atoms with Crippen molar-refractivity contribution in [2.24, 2.45) is 5.92 Å². The molecule has 0 aromatic heterocycles. The summed E-state index contributed by atoms with van der Waals surface area (Å²) in [6.07, 6.45) is 3.59. The Kier molecular flexibility index (Phi) is 3.91. The zero-order valence-corrected chi connectivity index (χ0v) is 11.2. The molecule has 0 heterocycles. The number of phenols is 1. The molecule has 1 saturated carbocycles. The molecule has 0 aliphatic heterocycles. The molecule has 18 heavy (non-hydrogen) atoms. The Morgan fingerprint density at radius 3 is 2.56 bits per heavy atom. The van der Waals surface area contributed by atoms with Gasteiger partial charge in [-0.05, 0) is 51.1 Å². The Bertz CT molecular complexity index is 390. The Morgan fingerprint density at radius 1 is 1.28 bits per heavy atom. The van der Waals surface area contributed by atoms with Crippen molar-refractivity contribution in [1.82, 2.24) is 4.90 Å². The summed E-state index contributed by atoms with van der Waals surface area (Å²) in [4.78, 5) is 2.06. The maximum atomic E-state index is 15.4. The smallest absolute Gasteiger partial charge is 0.140 e. The number of benzene rings is 1. The lowest BCUT2D eigenvalue weighted by Gasteiger charge is -2.39. The molecule has 1 aromatic carbocycles. The molecule has 1 fully saturated rings. The Labute approximate surface area is 108 Å². The molecule has 2 atom stereocenters. The van der Waals surface area contributed by atoms with Gasteiger partial charge in [0.05, 0.1) is 0 Å². The molecule has 1 N–H and O–H groups in total. The van der Waals surface area contributed by atoms with Crippen molar-refractivity contribution in [2.45, 2.75) is 31.4 Å². The third-order valence-corrected chi connectivity index (χ3v) is 3.92. The molecule has 2 nitrogen and oxygen atoms in total. The third kappa shape index (κ3) is 2.66. The molecular formula is C15H22FNO. The van der Waals surface area contributed by atoms with Crippen LogP contribution in [0.15, 0.2) is 24.3 Å². The standard InChI is InChI=1S/C15H22FNO/c1-17(2)11-13-5-3-4-10-15(13,16)12-6-8-14(18)9-7-12/h6-9,13,18H,3-5,10-11H2,1-2H3. The van der Waals surface area contributed by atoms with Crippen LogP contribution in [-0.4, -0.2) is 30.6 Å². The molecule has 0 radical (unpaired) electrons. The SMILES string of the molecule is CN(C)CC1CCCCC1(F)c1ccc(O)cc1. The highest BCUT2D eigenvalue weighted by atomic mass is 19.1. The van der Waals surface area contributed by atoms with Crippen molar-refractivity contribution in [3.63, 3.8) is 0 Å². The number of nitrogens with zero attached hydrogens (tertiary/aromatic N) is 1. The van der Waals surface area contributed by atoms with Crippen LogP contribution >= 0.6 is 0 Å². The lowest BCUT2D eigenvalue weighted by molar-refractivity contribution is 0.0201. The number of halogens is 1. The van der Waals surface area contributed by atoms with Gasteiger partial charge in [-0.25, -0.2) is 4.39 Å². The Balaban J connectivity index is 2.26. The minimum atomic E-state index is -1.24. The Hall–Kier alpha value is -1.09. The molecule has 3 heteroatoms. The summed E-state index contributed by atoms with van der Waals surface area (Å²) in [5.41, 5.74) is -0.525. The second kappa shape index (κ2) is 5.27. The fourth-order valence-corrected chi connectivity index (χ4v) is 3.00. The fourth-order valence-electron chi connectivity index (χ4n) is 3.00. The van der Waals surface area contributed by atoms with Gasteiger partial charge < -0.3 is 10.0 Å². The number of alkyl halides is 1. The van der Waals surface area contributed by atoms with Crippen molar-refractivity contribution >= 4 is 0 Å². The van der Waals surface area contributed by atoms with Gasteiger partial charge in [-0.3, -0.25) is 0 Å². The van der Waals surface area contributed by atoms with E-state index in [1.54, 1.807) is 24.3 Å². The number of hydrogen-bond acceptors (Lipinski definition) is 2. The second-order valence-electron chi connectivity index (χ2n) is 5.61. The summed E-state index contributed by atoms with van der Waals surface area (Å²) < 4.78 is 15.4. The summed E-state index contributed by atoms with van der Waals surface area (Å²) in [5, 5.41) is 9.32. The van der Waals surface area contributed by atoms with Gasteiger partial charge in [0.2, 0.25) is 0 Å². The molecule has 1 aromatic rings. The molecule has 1 aliphatic rings. The molecule has 0 amide bonds. The van der Waals surface area contributed by atoms with Crippen molar-refractivity contribution < 1.29 is 9.50 Å². The monoisotopic (exact) mass is 251 g/mol. The van der Waals surface area contributed by atoms with Crippen LogP contribution in [0.5, 0.6) is 5.75 Å². The van der Waals surface area contributed by atoms with E-state index in [-0.39, 0.29) is 11.7 Å². The topological polar surface area (TPSA) is 23.5 Å². The number of phenolic OH excluding ortho intramolecular Hbond substituents is 1. The van der Waals surface area contributed by atoms with Crippen LogP contribution < -0.4 is 0 Å². The fraction of sp³-hybridized carbons (Fsp3) is 0.600. The molecule has 0 saturated heterocycles. The summed E-state index contributed by atoms with van der Waals surface area (Å²) in [7, 11) is 3.98. The van der Waals surface area contributed by atoms with Crippen LogP contribution in [0.3, 0.4) is 0 Å². The maximum absolute atomic E-state index is 15.4. The largest absolute Gasteiger partial charge is 0.508 e. The van der Waals surface area contributed by atoms with E-state index in [1.807, 2.05) is 14.1 Å². The van der Waals surface area contributed by atoms with Gasteiger partial charge in [0.25, 0.3) is 0 Å². The molecule has 1 aliphatic carbocycles. The van der Waals surface area contributed by atoms with Crippen LogP contribution in [-0.2, 0) is 5.67 Å². The molecule has 2 unspecified atom stereocenters. The van der Waals surface area contributed by atoms with Gasteiger partial charge >= 0.3 is 0 Å². The highest BCUT2D eigenvalue weighted by molar-refractivity contribution is 5.31. The minimum Gasteiger partial charge on any atom is -0.508 e. The second-order valence-corrected chi connectivity index (χ2v) is 5.61. The molecule has 0 bridgehead atoms. The van der Waals surface area contributed by atoms with Gasteiger partial charge in [-0.2, -0.15) is 0 Å². The average molecular weight is 251 g/mol. The predicted molar refractivity (Wildman–Crippen MR) is 71.4 cm³/mol. The van der Waals surface area contributed by atoms with E-state index in [0.717, 1.165) is 25.8 Å². The van der Waals surface area contributed by atoms with E-state index < -0.39 is 5.67 Å². The van der Waals surface area contributed by atoms with Crippen molar-refractivity contribution in [3.05, 3.63) is 29.8 Å². The molecule has 0 spiro atoms. The first-order chi connectivity index (χ1) is 8.52. The zero-order valence-electron chi connectivity index (χ0n) is 11.2. The number of aromatic hydroxyl groups is 1. The number of hydrogen-bond donors (Lipinski definition) is 1. The van der Waals surface area contributed by atoms with E-state index in [4.69, 9.17) is 0 Å². The molecule has 100 valence electrons. The predicted octanol–water partition coefficient (Wildman–Crippen LogP) is 3.31. The summed E-state index contributed by atoms with van der Waals surface area (Å²) >= 11 is 0. The van der Waals surface area contributed by atoms with Gasteiger partial charge in [0.15, 0.2) is 0 Å². The van der Waals surface area contributed by atoms with Crippen molar-refractivity contribution in [1.29, 1.82) is 0 Å². The summed E-state index contributed by atoms with van der Waals surface area (Å²) in [5.74, 6) is 0.244. The summed E-state index contributed by atoms with van der Waals surface area (Å²) in [6.45, 7) is 0.775. The first-order valence-electron chi connectivity index (χ1n) is 6.65. The van der Waals surface area contributed by atoms with Crippen LogP contribution in [0.25, 0.3) is 0 Å². The zero-order chi connectivity index (χ0) is 13.2. The minimum absolute atomic E-state index is 0.0470. The van der Waals surface area contributed by atoms with Crippen LogP contribution in [0, 0.1) is 5.92 Å². The Morgan fingerprint density at radius 2 is 1.94 bits per heavy atom. The number of rotatable bonds is 3. The lowest BCUT2D eigenvalue weighted by atomic mass is 9.72. The van der Waals surface area contributed by atoms with E-state index in [1.165, 1.54) is 0 Å². The third-order valence-electron chi connectivity index (χ3n) is 3.92. The van der Waals surface area contributed by atoms with E-state index in [2.05, 4.69) is 4.90 Å². The van der Waals surface area contributed by atoms with Crippen LogP contribution in [0.4, 0.5) is 4.39 Å². The average Bonchev–Trinajstić information content (AvgIpc) is 2.32. The lowest BCUT2D eigenvalue weighted by Crippen LogP contribution is -2.39. The highest BCUT2D eigenvalue weighted by Crippen LogP contribution is 2.45. The van der Waals surface area contributed by atoms with Crippen LogP contribution in [0.1, 0.15) is 31.2 Å². The van der Waals surface area contributed by atoms with E-state index in [9.17, 15) is 5.11 Å². The molecule has 2 rings (SSSR count). The summed E-state index contributed by atoms with van der Waals surface area (Å²) in [6, 6.07) is 6.61. The van der Waals surface area contributed by atoms with Gasteiger partial charge in [-0.15, -0.1) is 0 Å². The van der Waals surface area contributed by atoms with Crippen LogP contribution in [0.2, 0.25) is 0 Å². The normalized spacial score (nSPS) is 28.6. The van der Waals surface area contributed by atoms with Crippen molar-refractivity contribution in [2.75, 3.05) is 20.6 Å². The first kappa shape index (κ1) is 13.3. The van der Waals surface area contributed by atoms with E-state index in [0.29, 0.717) is 12.0 Å². The van der Waals surface area contributed by atoms with Gasteiger partial charge in [-0.1, -0.05) is 18.6 Å². The highest BCUT2D eigenvalue weighted by Gasteiger charge is 2.42. The molecular weight excluding hydrogens is 229 g/mol. The maximum Gasteiger partial charge on any atom is 0.140 e. The van der Waals surface area contributed by atoms with Gasteiger partial charge in [0.1, 0.15) is 11.4 Å².